The van der Waals surface area contributed by atoms with Gasteiger partial charge in [0.1, 0.15) is 17.2 Å². The van der Waals surface area contributed by atoms with Crippen LogP contribution in [0, 0.1) is 27.7 Å². The molecular weight excluding hydrogens is 470 g/mol. The minimum Gasteiger partial charge on any atom is -0.489 e. The Bertz CT molecular complexity index is 1370. The van der Waals surface area contributed by atoms with Crippen molar-refractivity contribution in [1.29, 1.82) is 0 Å². The van der Waals surface area contributed by atoms with Crippen molar-refractivity contribution in [1.82, 2.24) is 4.98 Å². The molecule has 0 saturated carbocycles. The minimum absolute atomic E-state index is 0.132. The molecule has 0 saturated heterocycles. The third kappa shape index (κ3) is 6.17. The van der Waals surface area contributed by atoms with Gasteiger partial charge in [-0.3, -0.25) is 9.59 Å². The van der Waals surface area contributed by atoms with Crippen molar-refractivity contribution < 1.29 is 14.3 Å². The van der Waals surface area contributed by atoms with Gasteiger partial charge in [0.05, 0.1) is 12.1 Å². The highest BCUT2D eigenvalue weighted by Crippen LogP contribution is 2.27. The number of anilines is 2. The molecule has 0 atom stereocenters. The van der Waals surface area contributed by atoms with Crippen LogP contribution in [0.15, 0.2) is 66.7 Å². The number of para-hydroxylation sites is 1. The summed E-state index contributed by atoms with van der Waals surface area (Å²) in [6, 6.07) is 21.4. The Hall–Kier alpha value is -3.97. The van der Waals surface area contributed by atoms with Crippen LogP contribution >= 0.6 is 11.3 Å². The minimum atomic E-state index is -0.236. The van der Waals surface area contributed by atoms with Crippen LogP contribution < -0.4 is 15.4 Å². The summed E-state index contributed by atoms with van der Waals surface area (Å²) in [5.41, 5.74) is 6.36. The van der Waals surface area contributed by atoms with Crippen molar-refractivity contribution >= 4 is 34.0 Å². The highest BCUT2D eigenvalue weighted by molar-refractivity contribution is 7.17. The standard InChI is InChI=1S/C29H29N3O3S/c1-18-14-19(2)26(20(3)15-18)32-28(34)27-21(4)30-29(36-27)31-25(33)16-23-12-8-9-13-24(23)35-17-22-10-6-5-7-11-22/h5-15H,16-17H2,1-4H3,(H,32,34)(H,30,31,33). The first-order valence-corrected chi connectivity index (χ1v) is 12.5. The number of nitrogens with zero attached hydrogens (tertiary/aromatic N) is 1. The molecule has 6 nitrogen and oxygen atoms in total. The molecule has 0 aliphatic rings. The first-order valence-electron chi connectivity index (χ1n) is 11.7. The largest absolute Gasteiger partial charge is 0.489 e. The molecule has 1 heterocycles. The number of thiazole rings is 1. The molecule has 184 valence electrons. The summed E-state index contributed by atoms with van der Waals surface area (Å²) in [4.78, 5) is 30.7. The molecule has 4 rings (SSSR count). The predicted octanol–water partition coefficient (Wildman–Crippen LogP) is 6.39. The van der Waals surface area contributed by atoms with Gasteiger partial charge in [0.25, 0.3) is 5.91 Å². The van der Waals surface area contributed by atoms with E-state index in [1.807, 2.05) is 87.5 Å². The highest BCUT2D eigenvalue weighted by Gasteiger charge is 2.19. The number of ether oxygens (including phenoxy) is 1. The average Bonchev–Trinajstić information content (AvgIpc) is 3.21. The SMILES string of the molecule is Cc1cc(C)c(NC(=O)c2sc(NC(=O)Cc3ccccc3OCc3ccccc3)nc2C)c(C)c1. The van der Waals surface area contributed by atoms with Gasteiger partial charge in [0.15, 0.2) is 5.13 Å². The van der Waals surface area contributed by atoms with Crippen LogP contribution in [-0.2, 0) is 17.8 Å². The van der Waals surface area contributed by atoms with Gasteiger partial charge in [-0.05, 0) is 50.5 Å². The summed E-state index contributed by atoms with van der Waals surface area (Å²) < 4.78 is 5.97. The van der Waals surface area contributed by atoms with Crippen LogP contribution in [0.4, 0.5) is 10.8 Å². The third-order valence-corrected chi connectivity index (χ3v) is 6.80. The van der Waals surface area contributed by atoms with Gasteiger partial charge >= 0.3 is 0 Å². The summed E-state index contributed by atoms with van der Waals surface area (Å²) in [7, 11) is 0. The van der Waals surface area contributed by atoms with Gasteiger partial charge in [-0.1, -0.05) is 77.6 Å². The number of aryl methyl sites for hydroxylation is 4. The molecule has 7 heteroatoms. The zero-order valence-corrected chi connectivity index (χ0v) is 21.7. The molecule has 0 spiro atoms. The second kappa shape index (κ2) is 11.2. The van der Waals surface area contributed by atoms with Gasteiger partial charge in [-0.25, -0.2) is 4.98 Å². The zero-order valence-electron chi connectivity index (χ0n) is 20.8. The van der Waals surface area contributed by atoms with Crippen molar-refractivity contribution in [2.24, 2.45) is 0 Å². The number of carbonyl (C=O) groups excluding carboxylic acids is 2. The summed E-state index contributed by atoms with van der Waals surface area (Å²) in [6.07, 6.45) is 0.132. The van der Waals surface area contributed by atoms with E-state index in [2.05, 4.69) is 15.6 Å². The van der Waals surface area contributed by atoms with Gasteiger partial charge in [-0.15, -0.1) is 0 Å². The smallest absolute Gasteiger partial charge is 0.267 e. The summed E-state index contributed by atoms with van der Waals surface area (Å²) in [5, 5.41) is 6.23. The Morgan fingerprint density at radius 2 is 1.56 bits per heavy atom. The second-order valence-corrected chi connectivity index (χ2v) is 9.77. The van der Waals surface area contributed by atoms with Crippen molar-refractivity contribution in [3.8, 4) is 5.75 Å². The first-order chi connectivity index (χ1) is 17.3. The maximum Gasteiger partial charge on any atom is 0.267 e. The van der Waals surface area contributed by atoms with Gasteiger partial charge < -0.3 is 15.4 Å². The number of benzene rings is 3. The van der Waals surface area contributed by atoms with Gasteiger partial charge in [0, 0.05) is 11.3 Å². The Kier molecular flexibility index (Phi) is 7.80. The van der Waals surface area contributed by atoms with Crippen LogP contribution in [0.2, 0.25) is 0 Å². The van der Waals surface area contributed by atoms with Crippen LogP contribution in [0.25, 0.3) is 0 Å². The monoisotopic (exact) mass is 499 g/mol. The Balaban J connectivity index is 1.41. The second-order valence-electron chi connectivity index (χ2n) is 8.77. The molecule has 2 N–H and O–H groups in total. The van der Waals surface area contributed by atoms with Gasteiger partial charge in [0.2, 0.25) is 5.91 Å². The van der Waals surface area contributed by atoms with Crippen LogP contribution in [0.5, 0.6) is 5.75 Å². The van der Waals surface area contributed by atoms with Crippen LogP contribution in [0.3, 0.4) is 0 Å². The molecule has 0 radical (unpaired) electrons. The molecule has 0 aliphatic heterocycles. The van der Waals surface area contributed by atoms with Crippen molar-refractivity contribution in [3.63, 3.8) is 0 Å². The number of amides is 2. The molecule has 3 aromatic carbocycles. The van der Waals surface area contributed by atoms with E-state index in [4.69, 9.17) is 4.74 Å². The van der Waals surface area contributed by atoms with E-state index in [0.29, 0.717) is 28.1 Å². The molecular formula is C29H29N3O3S. The predicted molar refractivity (Wildman–Crippen MR) is 145 cm³/mol. The first kappa shape index (κ1) is 25.1. The lowest BCUT2D eigenvalue weighted by atomic mass is 10.1. The Morgan fingerprint density at radius 3 is 2.28 bits per heavy atom. The fraction of sp³-hybridized carbons (Fsp3) is 0.207. The third-order valence-electron chi connectivity index (χ3n) is 5.73. The molecule has 0 unspecified atom stereocenters. The van der Waals surface area contributed by atoms with E-state index in [1.165, 1.54) is 11.3 Å². The lowest BCUT2D eigenvalue weighted by molar-refractivity contribution is -0.115. The summed E-state index contributed by atoms with van der Waals surface area (Å²) in [5.74, 6) is 0.202. The van der Waals surface area contributed by atoms with E-state index in [-0.39, 0.29) is 18.2 Å². The number of rotatable bonds is 8. The molecule has 0 aliphatic carbocycles. The number of aromatic nitrogens is 1. The highest BCUT2D eigenvalue weighted by atomic mass is 32.1. The summed E-state index contributed by atoms with van der Waals surface area (Å²) in [6.45, 7) is 8.16. The van der Waals surface area contributed by atoms with Gasteiger partial charge in [-0.2, -0.15) is 0 Å². The zero-order chi connectivity index (χ0) is 25.7. The Labute approximate surface area is 215 Å². The van der Waals surface area contributed by atoms with Crippen LogP contribution in [0.1, 0.15) is 43.2 Å². The molecule has 2 amide bonds. The van der Waals surface area contributed by atoms with Crippen LogP contribution in [-0.4, -0.2) is 16.8 Å². The average molecular weight is 500 g/mol. The van der Waals surface area contributed by atoms with Crippen molar-refractivity contribution in [3.05, 3.63) is 105 Å². The van der Waals surface area contributed by atoms with E-state index in [0.717, 1.165) is 33.5 Å². The molecule has 1 aromatic heterocycles. The normalized spacial score (nSPS) is 10.7. The van der Waals surface area contributed by atoms with Crippen molar-refractivity contribution in [2.45, 2.75) is 40.7 Å². The lowest BCUT2D eigenvalue weighted by Gasteiger charge is -2.12. The van der Waals surface area contributed by atoms with E-state index < -0.39 is 0 Å². The number of hydrogen-bond acceptors (Lipinski definition) is 5. The Morgan fingerprint density at radius 1 is 0.889 bits per heavy atom. The lowest BCUT2D eigenvalue weighted by Crippen LogP contribution is -2.15. The van der Waals surface area contributed by atoms with Crippen molar-refractivity contribution in [2.75, 3.05) is 10.6 Å². The fourth-order valence-corrected chi connectivity index (χ4v) is 4.95. The number of hydrogen-bond donors (Lipinski definition) is 2. The fourth-order valence-electron chi connectivity index (χ4n) is 4.07. The quantitative estimate of drug-likeness (QED) is 0.294. The molecule has 0 fully saturated rings. The summed E-state index contributed by atoms with van der Waals surface area (Å²) >= 11 is 1.17. The molecule has 36 heavy (non-hydrogen) atoms. The topological polar surface area (TPSA) is 80.3 Å². The number of carbonyl (C=O) groups is 2. The maximum atomic E-state index is 13.0. The molecule has 0 bridgehead atoms. The van der Waals surface area contributed by atoms with E-state index >= 15 is 0 Å². The number of nitrogens with one attached hydrogen (secondary N) is 2. The molecule has 4 aromatic rings. The maximum absolute atomic E-state index is 13.0. The van der Waals surface area contributed by atoms with E-state index in [9.17, 15) is 9.59 Å². The van der Waals surface area contributed by atoms with E-state index in [1.54, 1.807) is 6.92 Å².